The predicted octanol–water partition coefficient (Wildman–Crippen LogP) is 4.70. The molecular formula is C26H28N2O5S. The quantitative estimate of drug-likeness (QED) is 0.480. The Morgan fingerprint density at radius 1 is 0.941 bits per heavy atom. The summed E-state index contributed by atoms with van der Waals surface area (Å²) < 4.78 is 39.1. The van der Waals surface area contributed by atoms with Crippen LogP contribution in [0.5, 0.6) is 11.5 Å². The van der Waals surface area contributed by atoms with Gasteiger partial charge in [0.25, 0.3) is 5.91 Å². The topological polar surface area (TPSA) is 84.9 Å². The maximum atomic E-state index is 13.2. The summed E-state index contributed by atoms with van der Waals surface area (Å²) in [6, 6.07) is 21.3. The van der Waals surface area contributed by atoms with Crippen LogP contribution < -0.4 is 14.8 Å². The summed E-state index contributed by atoms with van der Waals surface area (Å²) in [5.74, 6) is 0.735. The summed E-state index contributed by atoms with van der Waals surface area (Å²) in [4.78, 5) is 12.9. The van der Waals surface area contributed by atoms with Crippen molar-refractivity contribution in [3.8, 4) is 11.5 Å². The average Bonchev–Trinajstić information content (AvgIpc) is 3.41. The highest BCUT2D eigenvalue weighted by atomic mass is 32.2. The van der Waals surface area contributed by atoms with Crippen LogP contribution in [0, 0.1) is 0 Å². The summed E-state index contributed by atoms with van der Waals surface area (Å²) in [5.41, 5.74) is 1.78. The molecule has 1 N–H and O–H groups in total. The molecule has 0 spiro atoms. The molecule has 178 valence electrons. The number of sulfonamides is 1. The second kappa shape index (κ2) is 10.7. The van der Waals surface area contributed by atoms with Crippen molar-refractivity contribution in [2.75, 3.05) is 25.0 Å². The van der Waals surface area contributed by atoms with E-state index in [1.165, 1.54) is 10.4 Å². The molecule has 0 atom stereocenters. The van der Waals surface area contributed by atoms with Crippen molar-refractivity contribution in [3.05, 3.63) is 83.9 Å². The van der Waals surface area contributed by atoms with Gasteiger partial charge in [-0.3, -0.25) is 4.79 Å². The number of carbonyl (C=O) groups excluding carboxylic acids is 1. The van der Waals surface area contributed by atoms with Crippen molar-refractivity contribution in [1.82, 2.24) is 4.31 Å². The van der Waals surface area contributed by atoms with E-state index in [2.05, 4.69) is 5.32 Å². The van der Waals surface area contributed by atoms with Crippen molar-refractivity contribution in [2.45, 2.75) is 31.3 Å². The lowest BCUT2D eigenvalue weighted by molar-refractivity contribution is 0.102. The fourth-order valence-electron chi connectivity index (χ4n) is 3.77. The number of rotatable bonds is 9. The van der Waals surface area contributed by atoms with Gasteiger partial charge in [-0.1, -0.05) is 30.3 Å². The van der Waals surface area contributed by atoms with Crippen molar-refractivity contribution in [2.24, 2.45) is 0 Å². The highest BCUT2D eigenvalue weighted by molar-refractivity contribution is 7.89. The smallest absolute Gasteiger partial charge is 0.255 e. The predicted molar refractivity (Wildman–Crippen MR) is 131 cm³/mol. The Hall–Kier alpha value is -3.36. The van der Waals surface area contributed by atoms with Gasteiger partial charge in [-0.15, -0.1) is 0 Å². The van der Waals surface area contributed by atoms with E-state index < -0.39 is 10.0 Å². The molecule has 4 rings (SSSR count). The van der Waals surface area contributed by atoms with E-state index in [9.17, 15) is 13.2 Å². The summed E-state index contributed by atoms with van der Waals surface area (Å²) in [6.45, 7) is 3.52. The molecule has 0 radical (unpaired) electrons. The Kier molecular flexibility index (Phi) is 7.49. The number of amides is 1. The standard InChI is InChI=1S/C26H28N2O5S/c1-2-32-24-15-14-22(18-25(24)34(30,31)28-16-6-7-17-28)27-26(29)21-12-10-20(11-13-21)19-33-23-8-4-3-5-9-23/h3-5,8-15,18H,2,6-7,16-17,19H2,1H3,(H,27,29). The molecule has 1 heterocycles. The molecule has 0 saturated carbocycles. The van der Waals surface area contributed by atoms with E-state index in [1.807, 2.05) is 42.5 Å². The van der Waals surface area contributed by atoms with Crippen molar-refractivity contribution in [3.63, 3.8) is 0 Å². The molecule has 8 heteroatoms. The average molecular weight is 481 g/mol. The maximum absolute atomic E-state index is 13.2. The second-order valence-electron chi connectivity index (χ2n) is 7.96. The molecule has 1 aliphatic heterocycles. The van der Waals surface area contributed by atoms with Gasteiger partial charge in [0.15, 0.2) is 0 Å². The van der Waals surface area contributed by atoms with Gasteiger partial charge in [0, 0.05) is 24.3 Å². The zero-order valence-corrected chi connectivity index (χ0v) is 19.9. The molecular weight excluding hydrogens is 452 g/mol. The van der Waals surface area contributed by atoms with Crippen molar-refractivity contribution < 1.29 is 22.7 Å². The summed E-state index contributed by atoms with van der Waals surface area (Å²) >= 11 is 0. The first kappa shape index (κ1) is 23.8. The lowest BCUT2D eigenvalue weighted by Crippen LogP contribution is -2.28. The van der Waals surface area contributed by atoms with E-state index in [0.29, 0.717) is 37.6 Å². The zero-order chi connectivity index (χ0) is 24.0. The molecule has 7 nitrogen and oxygen atoms in total. The Bertz CT molecular complexity index is 1220. The minimum atomic E-state index is -3.71. The van der Waals surface area contributed by atoms with Crippen LogP contribution >= 0.6 is 0 Å². The number of nitrogens with zero attached hydrogens (tertiary/aromatic N) is 1. The van der Waals surface area contributed by atoms with E-state index >= 15 is 0 Å². The number of para-hydroxylation sites is 1. The van der Waals surface area contributed by atoms with Crippen LogP contribution in [0.1, 0.15) is 35.7 Å². The van der Waals surface area contributed by atoms with Crippen molar-refractivity contribution >= 4 is 21.6 Å². The first-order chi connectivity index (χ1) is 16.5. The number of anilines is 1. The van der Waals surface area contributed by atoms with E-state index in [0.717, 1.165) is 24.2 Å². The third-order valence-electron chi connectivity index (χ3n) is 5.55. The van der Waals surface area contributed by atoms with E-state index in [4.69, 9.17) is 9.47 Å². The first-order valence-electron chi connectivity index (χ1n) is 11.3. The minimum absolute atomic E-state index is 0.0717. The molecule has 1 fully saturated rings. The highest BCUT2D eigenvalue weighted by Crippen LogP contribution is 2.31. The van der Waals surface area contributed by atoms with E-state index in [-0.39, 0.29) is 16.6 Å². The highest BCUT2D eigenvalue weighted by Gasteiger charge is 2.30. The normalized spacial score (nSPS) is 14.0. The summed E-state index contributed by atoms with van der Waals surface area (Å²) in [5, 5.41) is 2.80. The van der Waals surface area contributed by atoms with Gasteiger partial charge in [-0.25, -0.2) is 8.42 Å². The molecule has 1 aliphatic rings. The van der Waals surface area contributed by atoms with Crippen LogP contribution in [0.25, 0.3) is 0 Å². The van der Waals surface area contributed by atoms with Crippen LogP contribution in [-0.4, -0.2) is 38.3 Å². The molecule has 3 aromatic carbocycles. The van der Waals surface area contributed by atoms with Gasteiger partial charge in [-0.05, 0) is 67.8 Å². The first-order valence-corrected chi connectivity index (χ1v) is 12.8. The SMILES string of the molecule is CCOc1ccc(NC(=O)c2ccc(COc3ccccc3)cc2)cc1S(=O)(=O)N1CCCC1. The van der Waals surface area contributed by atoms with Gasteiger partial charge in [0.05, 0.1) is 6.61 Å². The van der Waals surface area contributed by atoms with Crippen LogP contribution in [0.3, 0.4) is 0 Å². The molecule has 3 aromatic rings. The second-order valence-corrected chi connectivity index (χ2v) is 9.86. The molecule has 1 saturated heterocycles. The van der Waals surface area contributed by atoms with Crippen LogP contribution in [0.4, 0.5) is 5.69 Å². The minimum Gasteiger partial charge on any atom is -0.492 e. The number of hydrogen-bond acceptors (Lipinski definition) is 5. The van der Waals surface area contributed by atoms with Gasteiger partial charge in [0.2, 0.25) is 10.0 Å². The molecule has 0 bridgehead atoms. The van der Waals surface area contributed by atoms with Gasteiger partial charge in [-0.2, -0.15) is 4.31 Å². The lowest BCUT2D eigenvalue weighted by atomic mass is 10.1. The number of nitrogens with one attached hydrogen (secondary N) is 1. The molecule has 34 heavy (non-hydrogen) atoms. The Morgan fingerprint density at radius 3 is 2.32 bits per heavy atom. The van der Waals surface area contributed by atoms with Gasteiger partial charge in [0.1, 0.15) is 23.0 Å². The van der Waals surface area contributed by atoms with Gasteiger partial charge >= 0.3 is 0 Å². The van der Waals surface area contributed by atoms with Gasteiger partial charge < -0.3 is 14.8 Å². The fourth-order valence-corrected chi connectivity index (χ4v) is 5.44. The van der Waals surface area contributed by atoms with Crippen LogP contribution in [-0.2, 0) is 16.6 Å². The fraction of sp³-hybridized carbons (Fsp3) is 0.269. The monoisotopic (exact) mass is 480 g/mol. The third-order valence-corrected chi connectivity index (χ3v) is 7.47. The summed E-state index contributed by atoms with van der Waals surface area (Å²) in [7, 11) is -3.71. The van der Waals surface area contributed by atoms with Crippen LogP contribution in [0.15, 0.2) is 77.7 Å². The Balaban J connectivity index is 1.47. The number of benzene rings is 3. The number of hydrogen-bond donors (Lipinski definition) is 1. The summed E-state index contributed by atoms with van der Waals surface area (Å²) in [6.07, 6.45) is 1.68. The maximum Gasteiger partial charge on any atom is 0.255 e. The number of carbonyl (C=O) groups is 1. The molecule has 0 aromatic heterocycles. The Labute approximate surface area is 200 Å². The third kappa shape index (κ3) is 5.58. The molecule has 0 unspecified atom stereocenters. The van der Waals surface area contributed by atoms with Crippen molar-refractivity contribution in [1.29, 1.82) is 0 Å². The largest absolute Gasteiger partial charge is 0.492 e. The zero-order valence-electron chi connectivity index (χ0n) is 19.1. The Morgan fingerprint density at radius 2 is 1.65 bits per heavy atom. The number of ether oxygens (including phenoxy) is 2. The molecule has 1 amide bonds. The molecule has 0 aliphatic carbocycles. The van der Waals surface area contributed by atoms with E-state index in [1.54, 1.807) is 31.2 Å². The van der Waals surface area contributed by atoms with Crippen LogP contribution in [0.2, 0.25) is 0 Å². The lowest BCUT2D eigenvalue weighted by Gasteiger charge is -2.19.